The maximum absolute atomic E-state index is 4.03. The minimum Gasteiger partial charge on any atom is -0.0651 e. The number of hydrogen-bond donors (Lipinski definition) is 0. The van der Waals surface area contributed by atoms with E-state index < -0.39 is 0 Å². The van der Waals surface area contributed by atoms with E-state index in [1.165, 1.54) is 6.42 Å². The molecule has 0 aromatic heterocycles. The summed E-state index contributed by atoms with van der Waals surface area (Å²) in [5.41, 5.74) is 0.398. The third-order valence-corrected chi connectivity index (χ3v) is 1.72. The smallest absolute Gasteiger partial charge is 0.0354 e. The summed E-state index contributed by atoms with van der Waals surface area (Å²) in [6.45, 7) is 12.9. The Bertz CT molecular complexity index is 56.9. The number of hydrogen-bond acceptors (Lipinski definition) is 0. The van der Waals surface area contributed by atoms with Crippen LogP contribution in [0.1, 0.15) is 34.1 Å². The Balaban J connectivity index is 3.62. The van der Waals surface area contributed by atoms with Crippen molar-refractivity contribution in [3.8, 4) is 0 Å². The molecule has 1 unspecified atom stereocenters. The second kappa shape index (κ2) is 2.52. The van der Waals surface area contributed by atoms with E-state index in [0.29, 0.717) is 11.3 Å². The highest BCUT2D eigenvalue weighted by Crippen LogP contribution is 2.26. The first-order chi connectivity index (χ1) is 3.48. The maximum Gasteiger partial charge on any atom is -0.0354 e. The Morgan fingerprint density at radius 2 is 1.75 bits per heavy atom. The molecule has 0 fully saturated rings. The summed E-state index contributed by atoms with van der Waals surface area (Å²) in [6.07, 6.45) is 1.18. The van der Waals surface area contributed by atoms with Gasteiger partial charge in [-0.1, -0.05) is 34.1 Å². The Morgan fingerprint density at radius 1 is 1.38 bits per heavy atom. The molecule has 0 heteroatoms. The second-order valence-electron chi connectivity index (χ2n) is 3.47. The van der Waals surface area contributed by atoms with Crippen molar-refractivity contribution in [1.29, 1.82) is 0 Å². The Kier molecular flexibility index (Phi) is 2.52. The predicted molar refractivity (Wildman–Crippen MR) is 38.6 cm³/mol. The average Bonchev–Trinajstić information content (AvgIpc) is 1.62. The van der Waals surface area contributed by atoms with Crippen LogP contribution >= 0.6 is 0 Å². The van der Waals surface area contributed by atoms with Gasteiger partial charge in [0.15, 0.2) is 0 Å². The number of rotatable bonds is 1. The molecule has 0 amide bonds. The first-order valence-corrected chi connectivity index (χ1v) is 3.31. The SMILES string of the molecule is [CH2]C(CC)C(C)(C)C. The van der Waals surface area contributed by atoms with Gasteiger partial charge in [0.25, 0.3) is 0 Å². The Labute approximate surface area is 53.3 Å². The molecule has 0 aliphatic heterocycles. The minimum absolute atomic E-state index is 0.398. The summed E-state index contributed by atoms with van der Waals surface area (Å²) in [4.78, 5) is 0. The van der Waals surface area contributed by atoms with Gasteiger partial charge in [0.05, 0.1) is 0 Å². The van der Waals surface area contributed by atoms with Crippen LogP contribution in [-0.4, -0.2) is 0 Å². The predicted octanol–water partition coefficient (Wildman–Crippen LogP) is 2.89. The van der Waals surface area contributed by atoms with Crippen LogP contribution in [0, 0.1) is 18.3 Å². The lowest BCUT2D eigenvalue weighted by Crippen LogP contribution is -2.16. The van der Waals surface area contributed by atoms with Crippen LogP contribution in [0.4, 0.5) is 0 Å². The van der Waals surface area contributed by atoms with Gasteiger partial charge in [-0.25, -0.2) is 0 Å². The van der Waals surface area contributed by atoms with Crippen molar-refractivity contribution in [1.82, 2.24) is 0 Å². The van der Waals surface area contributed by atoms with Crippen LogP contribution in [0.5, 0.6) is 0 Å². The van der Waals surface area contributed by atoms with Crippen molar-refractivity contribution in [2.75, 3.05) is 0 Å². The molecule has 0 saturated heterocycles. The summed E-state index contributed by atoms with van der Waals surface area (Å²) in [5.74, 6) is 0.600. The van der Waals surface area contributed by atoms with Crippen molar-refractivity contribution in [3.05, 3.63) is 6.92 Å². The van der Waals surface area contributed by atoms with Crippen molar-refractivity contribution >= 4 is 0 Å². The average molecular weight is 113 g/mol. The van der Waals surface area contributed by atoms with Crippen LogP contribution in [-0.2, 0) is 0 Å². The topological polar surface area (TPSA) is 0 Å². The van der Waals surface area contributed by atoms with Gasteiger partial charge in [-0.2, -0.15) is 0 Å². The fourth-order valence-electron chi connectivity index (χ4n) is 0.612. The molecule has 0 bridgehead atoms. The summed E-state index contributed by atoms with van der Waals surface area (Å²) in [7, 11) is 0. The van der Waals surface area contributed by atoms with Crippen LogP contribution < -0.4 is 0 Å². The second-order valence-corrected chi connectivity index (χ2v) is 3.47. The zero-order valence-electron chi connectivity index (χ0n) is 6.49. The molecule has 1 atom stereocenters. The van der Waals surface area contributed by atoms with Crippen LogP contribution in [0.3, 0.4) is 0 Å². The molecule has 0 heterocycles. The molecule has 0 rings (SSSR count). The van der Waals surface area contributed by atoms with E-state index >= 15 is 0 Å². The van der Waals surface area contributed by atoms with Crippen molar-refractivity contribution in [3.63, 3.8) is 0 Å². The van der Waals surface area contributed by atoms with E-state index in [9.17, 15) is 0 Å². The zero-order chi connectivity index (χ0) is 6.78. The van der Waals surface area contributed by atoms with Gasteiger partial charge >= 0.3 is 0 Å². The van der Waals surface area contributed by atoms with E-state index in [0.717, 1.165) is 0 Å². The molecule has 0 aliphatic rings. The monoisotopic (exact) mass is 113 g/mol. The van der Waals surface area contributed by atoms with Crippen molar-refractivity contribution in [2.45, 2.75) is 34.1 Å². The first-order valence-electron chi connectivity index (χ1n) is 3.31. The standard InChI is InChI=1S/C8H17/c1-6-7(2)8(3,4)5/h7H,2,6H2,1,3-5H3. The van der Waals surface area contributed by atoms with Crippen molar-refractivity contribution in [2.24, 2.45) is 11.3 Å². The molecular formula is C8H17. The third-order valence-electron chi connectivity index (χ3n) is 1.72. The van der Waals surface area contributed by atoms with Gasteiger partial charge in [0.2, 0.25) is 0 Å². The quantitative estimate of drug-likeness (QED) is 0.490. The Morgan fingerprint density at radius 3 is 1.75 bits per heavy atom. The van der Waals surface area contributed by atoms with E-state index in [4.69, 9.17) is 0 Å². The van der Waals surface area contributed by atoms with E-state index in [1.54, 1.807) is 0 Å². The normalized spacial score (nSPS) is 16.1. The summed E-state index contributed by atoms with van der Waals surface area (Å²) >= 11 is 0. The summed E-state index contributed by atoms with van der Waals surface area (Å²) < 4.78 is 0. The largest absolute Gasteiger partial charge is 0.0651 e. The maximum atomic E-state index is 4.03. The molecule has 0 aromatic rings. The molecule has 0 N–H and O–H groups in total. The summed E-state index contributed by atoms with van der Waals surface area (Å²) in [6, 6.07) is 0. The highest BCUT2D eigenvalue weighted by atomic mass is 14.2. The summed E-state index contributed by atoms with van der Waals surface area (Å²) in [5, 5.41) is 0. The molecular weight excluding hydrogens is 96.1 g/mol. The molecule has 1 radical (unpaired) electrons. The highest BCUT2D eigenvalue weighted by Gasteiger charge is 2.17. The molecule has 0 aliphatic carbocycles. The van der Waals surface area contributed by atoms with Gasteiger partial charge in [-0.05, 0) is 18.3 Å². The molecule has 49 valence electrons. The minimum atomic E-state index is 0.398. The third kappa shape index (κ3) is 2.34. The van der Waals surface area contributed by atoms with Crippen LogP contribution in [0.2, 0.25) is 0 Å². The van der Waals surface area contributed by atoms with Gasteiger partial charge in [0.1, 0.15) is 0 Å². The van der Waals surface area contributed by atoms with Crippen molar-refractivity contribution < 1.29 is 0 Å². The van der Waals surface area contributed by atoms with Crippen LogP contribution in [0.15, 0.2) is 0 Å². The lowest BCUT2D eigenvalue weighted by molar-refractivity contribution is 0.283. The van der Waals surface area contributed by atoms with E-state index in [1.807, 2.05) is 0 Å². The lowest BCUT2D eigenvalue weighted by atomic mass is 9.81. The first kappa shape index (κ1) is 8.00. The molecule has 0 nitrogen and oxygen atoms in total. The molecule has 0 aromatic carbocycles. The van der Waals surface area contributed by atoms with Gasteiger partial charge in [-0.15, -0.1) is 0 Å². The van der Waals surface area contributed by atoms with Gasteiger partial charge < -0.3 is 0 Å². The fraction of sp³-hybridized carbons (Fsp3) is 0.875. The van der Waals surface area contributed by atoms with Gasteiger partial charge in [0, 0.05) is 0 Å². The fourth-order valence-corrected chi connectivity index (χ4v) is 0.612. The van der Waals surface area contributed by atoms with Gasteiger partial charge in [-0.3, -0.25) is 0 Å². The van der Waals surface area contributed by atoms with Crippen LogP contribution in [0.25, 0.3) is 0 Å². The van der Waals surface area contributed by atoms with E-state index in [2.05, 4.69) is 34.6 Å². The molecule has 8 heavy (non-hydrogen) atoms. The molecule has 0 spiro atoms. The lowest BCUT2D eigenvalue weighted by Gasteiger charge is -2.25. The zero-order valence-corrected chi connectivity index (χ0v) is 6.49. The molecule has 0 saturated carbocycles. The highest BCUT2D eigenvalue weighted by molar-refractivity contribution is 4.73. The van der Waals surface area contributed by atoms with E-state index in [-0.39, 0.29) is 0 Å². The Hall–Kier alpha value is 0.